The Bertz CT molecular complexity index is 649. The van der Waals surface area contributed by atoms with Crippen molar-refractivity contribution in [3.63, 3.8) is 0 Å². The highest BCUT2D eigenvalue weighted by atomic mass is 19.1. The first-order valence-electron chi connectivity index (χ1n) is 5.30. The summed E-state index contributed by atoms with van der Waals surface area (Å²) >= 11 is 0. The fourth-order valence-electron chi connectivity index (χ4n) is 1.53. The van der Waals surface area contributed by atoms with Gasteiger partial charge in [0.05, 0.1) is 0 Å². The van der Waals surface area contributed by atoms with Crippen LogP contribution in [0.15, 0.2) is 47.4 Å². The van der Waals surface area contributed by atoms with Crippen molar-refractivity contribution in [2.45, 2.75) is 0 Å². The fourth-order valence-corrected chi connectivity index (χ4v) is 1.53. The van der Waals surface area contributed by atoms with Crippen LogP contribution in [0.3, 0.4) is 0 Å². The summed E-state index contributed by atoms with van der Waals surface area (Å²) in [7, 11) is 1.56. The topological polar surface area (TPSA) is 51.1 Å². The summed E-state index contributed by atoms with van der Waals surface area (Å²) in [5.41, 5.74) is -0.0680. The number of nitrogens with zero attached hydrogens (tertiary/aromatic N) is 1. The normalized spacial score (nSPS) is 10.1. The van der Waals surface area contributed by atoms with Crippen LogP contribution in [-0.4, -0.2) is 10.5 Å². The lowest BCUT2D eigenvalue weighted by Crippen LogP contribution is -2.27. The second kappa shape index (κ2) is 4.83. The van der Waals surface area contributed by atoms with Crippen molar-refractivity contribution >= 4 is 11.6 Å². The molecule has 0 atom stereocenters. The van der Waals surface area contributed by atoms with Gasteiger partial charge in [-0.2, -0.15) is 0 Å². The smallest absolute Gasteiger partial charge is 0.263 e. The Morgan fingerprint density at radius 2 is 2.06 bits per heavy atom. The summed E-state index contributed by atoms with van der Waals surface area (Å²) in [6.45, 7) is 0. The minimum atomic E-state index is -0.554. The van der Waals surface area contributed by atoms with Crippen LogP contribution >= 0.6 is 0 Å². The van der Waals surface area contributed by atoms with E-state index in [1.54, 1.807) is 25.4 Å². The Morgan fingerprint density at radius 3 is 2.78 bits per heavy atom. The third-order valence-electron chi connectivity index (χ3n) is 2.45. The van der Waals surface area contributed by atoms with Gasteiger partial charge in [0.1, 0.15) is 11.4 Å². The third kappa shape index (κ3) is 2.45. The molecule has 0 saturated carbocycles. The zero-order valence-corrected chi connectivity index (χ0v) is 9.68. The monoisotopic (exact) mass is 246 g/mol. The van der Waals surface area contributed by atoms with E-state index in [9.17, 15) is 14.0 Å². The Balaban J connectivity index is 2.28. The lowest BCUT2D eigenvalue weighted by Gasteiger charge is -2.05. The van der Waals surface area contributed by atoms with E-state index >= 15 is 0 Å². The summed E-state index contributed by atoms with van der Waals surface area (Å²) in [4.78, 5) is 23.5. The second-order valence-electron chi connectivity index (χ2n) is 3.80. The van der Waals surface area contributed by atoms with Crippen LogP contribution in [0.5, 0.6) is 0 Å². The van der Waals surface area contributed by atoms with Gasteiger partial charge in [-0.3, -0.25) is 9.59 Å². The average molecular weight is 246 g/mol. The van der Waals surface area contributed by atoms with E-state index in [1.807, 2.05) is 0 Å². The first kappa shape index (κ1) is 12.0. The van der Waals surface area contributed by atoms with Crippen LogP contribution in [-0.2, 0) is 7.05 Å². The number of aromatic nitrogens is 1. The first-order valence-corrected chi connectivity index (χ1v) is 5.30. The molecule has 1 heterocycles. The van der Waals surface area contributed by atoms with E-state index in [-0.39, 0.29) is 5.56 Å². The van der Waals surface area contributed by atoms with E-state index < -0.39 is 17.3 Å². The van der Waals surface area contributed by atoms with Crippen molar-refractivity contribution in [2.24, 2.45) is 7.05 Å². The fraction of sp³-hybridized carbons (Fsp3) is 0.0769. The molecule has 4 nitrogen and oxygen atoms in total. The summed E-state index contributed by atoms with van der Waals surface area (Å²) < 4.78 is 14.3. The van der Waals surface area contributed by atoms with Crippen molar-refractivity contribution in [1.82, 2.24) is 4.57 Å². The molecule has 1 N–H and O–H groups in total. The van der Waals surface area contributed by atoms with Gasteiger partial charge in [0.25, 0.3) is 11.5 Å². The minimum absolute atomic E-state index is 0.0178. The molecule has 0 radical (unpaired) electrons. The van der Waals surface area contributed by atoms with Gasteiger partial charge >= 0.3 is 0 Å². The number of rotatable bonds is 2. The molecule has 1 aromatic carbocycles. The molecule has 92 valence electrons. The largest absolute Gasteiger partial charge is 0.322 e. The van der Waals surface area contributed by atoms with E-state index in [2.05, 4.69) is 5.32 Å². The molecule has 1 amide bonds. The van der Waals surface area contributed by atoms with Gasteiger partial charge in [0, 0.05) is 18.9 Å². The van der Waals surface area contributed by atoms with Crippen molar-refractivity contribution in [2.75, 3.05) is 5.32 Å². The van der Waals surface area contributed by atoms with Crippen LogP contribution in [0.2, 0.25) is 0 Å². The first-order chi connectivity index (χ1) is 8.58. The minimum Gasteiger partial charge on any atom is -0.322 e. The number of carbonyl (C=O) groups excluding carboxylic acids is 1. The third-order valence-corrected chi connectivity index (χ3v) is 2.45. The lowest BCUT2D eigenvalue weighted by atomic mass is 10.2. The van der Waals surface area contributed by atoms with Crippen molar-refractivity contribution in [1.29, 1.82) is 0 Å². The number of pyridine rings is 1. The molecule has 18 heavy (non-hydrogen) atoms. The predicted octanol–water partition coefficient (Wildman–Crippen LogP) is 1.78. The van der Waals surface area contributed by atoms with Crippen LogP contribution in [0.25, 0.3) is 0 Å². The number of amides is 1. The number of nitrogens with one attached hydrogen (secondary N) is 1. The van der Waals surface area contributed by atoms with Gasteiger partial charge in [-0.25, -0.2) is 4.39 Å². The maximum absolute atomic E-state index is 12.9. The van der Waals surface area contributed by atoms with E-state index in [1.165, 1.54) is 28.8 Å². The quantitative estimate of drug-likeness (QED) is 0.878. The number of benzene rings is 1. The highest BCUT2D eigenvalue weighted by Gasteiger charge is 2.11. The molecule has 2 rings (SSSR count). The maximum Gasteiger partial charge on any atom is 0.263 e. The van der Waals surface area contributed by atoms with Crippen LogP contribution < -0.4 is 10.9 Å². The van der Waals surface area contributed by atoms with Gasteiger partial charge < -0.3 is 9.88 Å². The molecule has 0 bridgehead atoms. The molecular formula is C13H11FN2O2. The van der Waals surface area contributed by atoms with Gasteiger partial charge in [0.15, 0.2) is 0 Å². The number of hydrogen-bond acceptors (Lipinski definition) is 2. The molecule has 0 unspecified atom stereocenters. The molecule has 0 aliphatic rings. The number of anilines is 1. The van der Waals surface area contributed by atoms with E-state index in [4.69, 9.17) is 0 Å². The van der Waals surface area contributed by atoms with E-state index in [0.29, 0.717) is 5.69 Å². The highest BCUT2D eigenvalue weighted by molar-refractivity contribution is 6.03. The average Bonchev–Trinajstić information content (AvgIpc) is 2.32. The molecule has 0 saturated heterocycles. The standard InChI is InChI=1S/C13H11FN2O2/c1-16-7-3-6-11(13(16)18)12(17)15-10-5-2-4-9(14)8-10/h2-8H,1H3,(H,15,17). The van der Waals surface area contributed by atoms with Gasteiger partial charge in [-0.15, -0.1) is 0 Å². The number of hydrogen-bond donors (Lipinski definition) is 1. The van der Waals surface area contributed by atoms with Crippen molar-refractivity contribution in [3.8, 4) is 0 Å². The molecule has 2 aromatic rings. The van der Waals surface area contributed by atoms with Crippen molar-refractivity contribution in [3.05, 3.63) is 64.3 Å². The Labute approximate surface area is 103 Å². The summed E-state index contributed by atoms with van der Waals surface area (Å²) in [6.07, 6.45) is 1.56. The maximum atomic E-state index is 12.9. The number of carbonyl (C=O) groups is 1. The molecule has 5 heteroatoms. The van der Waals surface area contributed by atoms with Crippen LogP contribution in [0, 0.1) is 5.82 Å². The second-order valence-corrected chi connectivity index (χ2v) is 3.80. The van der Waals surface area contributed by atoms with Gasteiger partial charge in [0.2, 0.25) is 0 Å². The Kier molecular flexibility index (Phi) is 3.23. The molecule has 0 fully saturated rings. The summed E-state index contributed by atoms with van der Waals surface area (Å²) in [6, 6.07) is 8.52. The van der Waals surface area contributed by atoms with Crippen LogP contribution in [0.4, 0.5) is 10.1 Å². The lowest BCUT2D eigenvalue weighted by molar-refractivity contribution is 0.102. The van der Waals surface area contributed by atoms with Crippen LogP contribution in [0.1, 0.15) is 10.4 Å². The Morgan fingerprint density at radius 1 is 1.28 bits per heavy atom. The van der Waals surface area contributed by atoms with Gasteiger partial charge in [-0.05, 0) is 30.3 Å². The zero-order valence-electron chi connectivity index (χ0n) is 9.68. The molecule has 1 aromatic heterocycles. The predicted molar refractivity (Wildman–Crippen MR) is 66.0 cm³/mol. The molecular weight excluding hydrogens is 235 g/mol. The van der Waals surface area contributed by atoms with Gasteiger partial charge in [-0.1, -0.05) is 6.07 Å². The van der Waals surface area contributed by atoms with Crippen molar-refractivity contribution < 1.29 is 9.18 Å². The van der Waals surface area contributed by atoms with E-state index in [0.717, 1.165) is 0 Å². The molecule has 0 aliphatic heterocycles. The molecule has 0 aliphatic carbocycles. The Hall–Kier alpha value is -2.43. The molecule has 0 spiro atoms. The highest BCUT2D eigenvalue weighted by Crippen LogP contribution is 2.09. The summed E-state index contributed by atoms with van der Waals surface area (Å²) in [5, 5.41) is 2.47. The number of halogens is 1. The zero-order chi connectivity index (χ0) is 13.1. The number of aryl methyl sites for hydroxylation is 1. The summed E-state index contributed by atoms with van der Waals surface area (Å²) in [5.74, 6) is -1.00. The SMILES string of the molecule is Cn1cccc(C(=O)Nc2cccc(F)c2)c1=O.